The highest BCUT2D eigenvalue weighted by molar-refractivity contribution is 6.06. The van der Waals surface area contributed by atoms with Crippen LogP contribution in [0.1, 0.15) is 0 Å². The number of hydrogen-bond donors (Lipinski definition) is 0. The zero-order valence-electron chi connectivity index (χ0n) is 30.8. The molecule has 0 saturated heterocycles. The molecule has 6 heterocycles. The quantitative estimate of drug-likeness (QED) is 0.168. The molecular weight excluding hydrogens is 717 g/mol. The van der Waals surface area contributed by atoms with E-state index < -0.39 is 0 Å². The molecule has 0 aliphatic rings. The molecule has 0 saturated carbocycles. The standard InChI is InChI=1S/C51H30N4O3/c1-2-8-46-39(5-1)44-25-26-45(54-51(44)56-46)33-13-21-38(22-14-33)55(36-17-9-31(10-18-36)34-15-23-40-42-6-3-27-52-49(42)57-47(40)29-34)37-19-11-32(12-20-37)35-16-24-41-43-7-4-28-53-50(43)58-48(41)30-35/h1-30H. The Bertz CT molecular complexity index is 3130. The van der Waals surface area contributed by atoms with Gasteiger partial charge in [0.25, 0.3) is 0 Å². The summed E-state index contributed by atoms with van der Waals surface area (Å²) in [5.41, 5.74) is 13.7. The number of benzene rings is 6. The number of anilines is 3. The lowest BCUT2D eigenvalue weighted by Crippen LogP contribution is -2.09. The lowest BCUT2D eigenvalue weighted by molar-refractivity contribution is 0.654. The third kappa shape index (κ3) is 5.25. The number of hydrogen-bond acceptors (Lipinski definition) is 7. The maximum absolute atomic E-state index is 6.11. The molecule has 6 aromatic heterocycles. The van der Waals surface area contributed by atoms with Gasteiger partial charge in [-0.05, 0) is 125 Å². The van der Waals surface area contributed by atoms with Crippen LogP contribution < -0.4 is 4.90 Å². The van der Waals surface area contributed by atoms with Crippen molar-refractivity contribution < 1.29 is 13.3 Å². The largest absolute Gasteiger partial charge is 0.438 e. The monoisotopic (exact) mass is 746 g/mol. The van der Waals surface area contributed by atoms with Crippen LogP contribution in [0, 0.1) is 0 Å². The summed E-state index contributed by atoms with van der Waals surface area (Å²) in [6.07, 6.45) is 3.52. The van der Waals surface area contributed by atoms with E-state index in [1.165, 1.54) is 0 Å². The Kier molecular flexibility index (Phi) is 7.09. The topological polar surface area (TPSA) is 81.3 Å². The number of para-hydroxylation sites is 1. The highest BCUT2D eigenvalue weighted by Crippen LogP contribution is 2.40. The molecule has 58 heavy (non-hydrogen) atoms. The van der Waals surface area contributed by atoms with Gasteiger partial charge in [-0.2, -0.15) is 0 Å². The second-order valence-electron chi connectivity index (χ2n) is 14.5. The minimum atomic E-state index is 0.636. The van der Waals surface area contributed by atoms with E-state index in [9.17, 15) is 0 Å². The Morgan fingerprint density at radius 2 is 0.759 bits per heavy atom. The van der Waals surface area contributed by atoms with Gasteiger partial charge in [-0.15, -0.1) is 0 Å². The van der Waals surface area contributed by atoms with Gasteiger partial charge in [0.05, 0.1) is 5.69 Å². The van der Waals surface area contributed by atoms with E-state index in [1.54, 1.807) is 12.4 Å². The van der Waals surface area contributed by atoms with Crippen LogP contribution in [0.15, 0.2) is 196 Å². The summed E-state index contributed by atoms with van der Waals surface area (Å²) in [5.74, 6) is 0. The van der Waals surface area contributed by atoms with Crippen molar-refractivity contribution in [1.29, 1.82) is 0 Å². The van der Waals surface area contributed by atoms with Gasteiger partial charge in [0, 0.05) is 67.3 Å². The molecule has 0 atom stereocenters. The Morgan fingerprint density at radius 1 is 0.328 bits per heavy atom. The second kappa shape index (κ2) is 12.8. The molecule has 0 aliphatic carbocycles. The molecule has 0 aliphatic heterocycles. The van der Waals surface area contributed by atoms with Crippen molar-refractivity contribution in [3.8, 4) is 33.5 Å². The van der Waals surface area contributed by atoms with Gasteiger partial charge in [0.15, 0.2) is 0 Å². The maximum Gasteiger partial charge on any atom is 0.227 e. The van der Waals surface area contributed by atoms with E-state index in [1.807, 2.05) is 42.5 Å². The molecule has 0 amide bonds. The highest BCUT2D eigenvalue weighted by atomic mass is 16.3. The van der Waals surface area contributed by atoms with Gasteiger partial charge < -0.3 is 18.2 Å². The summed E-state index contributed by atoms with van der Waals surface area (Å²) in [4.78, 5) is 16.0. The van der Waals surface area contributed by atoms with Gasteiger partial charge >= 0.3 is 0 Å². The van der Waals surface area contributed by atoms with E-state index in [0.717, 1.165) is 99.6 Å². The van der Waals surface area contributed by atoms with Crippen molar-refractivity contribution in [2.75, 3.05) is 4.90 Å². The minimum absolute atomic E-state index is 0.636. The zero-order valence-corrected chi connectivity index (χ0v) is 30.8. The molecule has 7 nitrogen and oxygen atoms in total. The van der Waals surface area contributed by atoms with Crippen LogP contribution >= 0.6 is 0 Å². The molecule has 0 unspecified atom stereocenters. The van der Waals surface area contributed by atoms with E-state index >= 15 is 0 Å². The molecule has 12 aromatic rings. The highest BCUT2D eigenvalue weighted by Gasteiger charge is 2.17. The summed E-state index contributed by atoms with van der Waals surface area (Å²) >= 11 is 0. The first kappa shape index (κ1) is 32.2. The fourth-order valence-electron chi connectivity index (χ4n) is 8.18. The first-order valence-electron chi connectivity index (χ1n) is 19.1. The van der Waals surface area contributed by atoms with Crippen molar-refractivity contribution >= 4 is 83.3 Å². The number of aromatic nitrogens is 3. The van der Waals surface area contributed by atoms with E-state index in [2.05, 4.69) is 142 Å². The SMILES string of the molecule is c1ccc2c(c1)oc1nc(-c3ccc(N(c4ccc(-c5ccc6c(c5)oc5ncccc56)cc4)c4ccc(-c5ccc6c(c5)oc5ncccc56)cc4)cc3)ccc12. The van der Waals surface area contributed by atoms with E-state index in [-0.39, 0.29) is 0 Å². The van der Waals surface area contributed by atoms with Crippen molar-refractivity contribution in [1.82, 2.24) is 15.0 Å². The third-order valence-electron chi connectivity index (χ3n) is 11.1. The van der Waals surface area contributed by atoms with Crippen molar-refractivity contribution in [2.24, 2.45) is 0 Å². The number of rotatable bonds is 6. The number of nitrogens with zero attached hydrogens (tertiary/aromatic N) is 4. The van der Waals surface area contributed by atoms with Crippen LogP contribution in [0.25, 0.3) is 99.7 Å². The molecule has 0 radical (unpaired) electrons. The minimum Gasteiger partial charge on any atom is -0.438 e. The molecule has 0 spiro atoms. The van der Waals surface area contributed by atoms with Gasteiger partial charge in [-0.1, -0.05) is 66.7 Å². The number of pyridine rings is 3. The average molecular weight is 747 g/mol. The second-order valence-corrected chi connectivity index (χ2v) is 14.5. The summed E-state index contributed by atoms with van der Waals surface area (Å²) in [6, 6.07) is 58.8. The maximum atomic E-state index is 6.11. The van der Waals surface area contributed by atoms with Crippen LogP contribution in [0.4, 0.5) is 17.1 Å². The average Bonchev–Trinajstić information content (AvgIpc) is 3.97. The lowest BCUT2D eigenvalue weighted by atomic mass is 10.0. The Hall–Kier alpha value is -8.03. The zero-order chi connectivity index (χ0) is 38.2. The van der Waals surface area contributed by atoms with Gasteiger partial charge in [-0.3, -0.25) is 0 Å². The molecule has 0 bridgehead atoms. The molecule has 12 rings (SSSR count). The van der Waals surface area contributed by atoms with Crippen LogP contribution in [0.5, 0.6) is 0 Å². The summed E-state index contributed by atoms with van der Waals surface area (Å²) in [7, 11) is 0. The van der Waals surface area contributed by atoms with Gasteiger partial charge in [0.2, 0.25) is 17.1 Å². The predicted molar refractivity (Wildman–Crippen MR) is 233 cm³/mol. The fraction of sp³-hybridized carbons (Fsp3) is 0. The first-order chi connectivity index (χ1) is 28.7. The normalized spacial score (nSPS) is 11.8. The number of furan rings is 3. The van der Waals surface area contributed by atoms with Crippen molar-refractivity contribution in [3.63, 3.8) is 0 Å². The Balaban J connectivity index is 0.911. The Morgan fingerprint density at radius 3 is 1.33 bits per heavy atom. The molecule has 0 N–H and O–H groups in total. The Labute approximate surface area is 331 Å². The van der Waals surface area contributed by atoms with E-state index in [4.69, 9.17) is 18.2 Å². The summed E-state index contributed by atoms with van der Waals surface area (Å²) in [5, 5.41) is 6.24. The molecule has 6 aromatic carbocycles. The number of fused-ring (bicyclic) bond motifs is 9. The third-order valence-corrected chi connectivity index (χ3v) is 11.1. The molecule has 0 fully saturated rings. The van der Waals surface area contributed by atoms with Crippen LogP contribution in [-0.2, 0) is 0 Å². The fourth-order valence-corrected chi connectivity index (χ4v) is 8.18. The van der Waals surface area contributed by atoms with Crippen LogP contribution in [-0.4, -0.2) is 15.0 Å². The molecule has 7 heteroatoms. The summed E-state index contributed by atoms with van der Waals surface area (Å²) in [6.45, 7) is 0. The van der Waals surface area contributed by atoms with Crippen molar-refractivity contribution in [2.45, 2.75) is 0 Å². The predicted octanol–water partition coefficient (Wildman–Crippen LogP) is 14.0. The summed E-state index contributed by atoms with van der Waals surface area (Å²) < 4.78 is 18.3. The van der Waals surface area contributed by atoms with E-state index in [0.29, 0.717) is 17.1 Å². The molecular formula is C51H30N4O3. The van der Waals surface area contributed by atoms with Gasteiger partial charge in [0.1, 0.15) is 16.7 Å². The smallest absolute Gasteiger partial charge is 0.227 e. The van der Waals surface area contributed by atoms with Crippen LogP contribution in [0.2, 0.25) is 0 Å². The van der Waals surface area contributed by atoms with Gasteiger partial charge in [-0.25, -0.2) is 15.0 Å². The van der Waals surface area contributed by atoms with Crippen molar-refractivity contribution in [3.05, 3.63) is 182 Å². The first-order valence-corrected chi connectivity index (χ1v) is 19.1. The molecule has 272 valence electrons. The lowest BCUT2D eigenvalue weighted by Gasteiger charge is -2.26. The van der Waals surface area contributed by atoms with Crippen LogP contribution in [0.3, 0.4) is 0 Å².